The van der Waals surface area contributed by atoms with Crippen LogP contribution < -0.4 is 0 Å². The van der Waals surface area contributed by atoms with Crippen molar-refractivity contribution >= 4 is 5.97 Å². The minimum atomic E-state index is -0.205. The normalized spacial score (nSPS) is 11.1. The van der Waals surface area contributed by atoms with Crippen molar-refractivity contribution in [1.82, 2.24) is 0 Å². The maximum Gasteiger partial charge on any atom is 0.330 e. The molecule has 0 amide bonds. The van der Waals surface area contributed by atoms with E-state index in [1.165, 1.54) is 5.57 Å². The predicted molar refractivity (Wildman–Crippen MR) is 68.3 cm³/mol. The Hall–Kier alpha value is -1.05. The fourth-order valence-corrected chi connectivity index (χ4v) is 1.22. The van der Waals surface area contributed by atoms with Gasteiger partial charge in [0.15, 0.2) is 0 Å². The number of allylic oxidation sites excluding steroid dienone is 3. The van der Waals surface area contributed by atoms with Crippen LogP contribution in [0, 0.1) is 0 Å². The van der Waals surface area contributed by atoms with Crippen LogP contribution in [0.25, 0.3) is 0 Å². The lowest BCUT2D eigenvalue weighted by molar-refractivity contribution is -0.137. The van der Waals surface area contributed by atoms with E-state index < -0.39 is 0 Å². The molecular formula is C14H24O2. The number of carbonyl (C=O) groups is 1. The summed E-state index contributed by atoms with van der Waals surface area (Å²) < 4.78 is 5.05. The molecule has 16 heavy (non-hydrogen) atoms. The second-order valence-electron chi connectivity index (χ2n) is 4.33. The fraction of sp³-hybridized carbons (Fsp3) is 0.643. The van der Waals surface area contributed by atoms with E-state index in [9.17, 15) is 4.79 Å². The molecule has 0 aliphatic carbocycles. The third kappa shape index (κ3) is 9.50. The molecule has 2 heteroatoms. The molecule has 0 atom stereocenters. The van der Waals surface area contributed by atoms with Crippen molar-refractivity contribution in [2.45, 2.75) is 53.4 Å². The molecule has 92 valence electrons. The van der Waals surface area contributed by atoms with Crippen LogP contribution in [0.5, 0.6) is 0 Å². The monoisotopic (exact) mass is 224 g/mol. The highest BCUT2D eigenvalue weighted by Gasteiger charge is 1.98. The first-order valence-electron chi connectivity index (χ1n) is 6.03. The molecule has 0 radical (unpaired) electrons. The predicted octanol–water partition coefficient (Wildman–Crippen LogP) is 4.02. The third-order valence-corrected chi connectivity index (χ3v) is 2.20. The Morgan fingerprint density at radius 1 is 1.25 bits per heavy atom. The second-order valence-corrected chi connectivity index (χ2v) is 4.33. The number of carbonyl (C=O) groups excluding carboxylic acids is 1. The maximum absolute atomic E-state index is 11.3. The summed E-state index contributed by atoms with van der Waals surface area (Å²) in [6.07, 6.45) is 7.70. The minimum Gasteiger partial charge on any atom is -0.463 e. The van der Waals surface area contributed by atoms with Crippen molar-refractivity contribution < 1.29 is 9.53 Å². The molecular weight excluding hydrogens is 200 g/mol. The zero-order chi connectivity index (χ0) is 12.4. The van der Waals surface area contributed by atoms with E-state index in [4.69, 9.17) is 4.74 Å². The zero-order valence-electron chi connectivity index (χ0n) is 11.0. The van der Waals surface area contributed by atoms with Gasteiger partial charge in [-0.25, -0.2) is 4.79 Å². The quantitative estimate of drug-likeness (QED) is 0.282. The Labute approximate surface area is 99.4 Å². The van der Waals surface area contributed by atoms with Gasteiger partial charge in [0.1, 0.15) is 0 Å². The van der Waals surface area contributed by atoms with Gasteiger partial charge in [-0.2, -0.15) is 0 Å². The maximum atomic E-state index is 11.3. The first-order chi connectivity index (χ1) is 7.56. The molecule has 0 saturated heterocycles. The number of rotatable bonds is 7. The van der Waals surface area contributed by atoms with Gasteiger partial charge in [-0.05, 0) is 40.0 Å². The molecule has 0 aromatic rings. The molecule has 0 spiro atoms. The molecule has 0 aliphatic heterocycles. The lowest BCUT2D eigenvalue weighted by atomic mass is 10.1. The Morgan fingerprint density at radius 3 is 2.50 bits per heavy atom. The molecule has 0 aliphatic rings. The lowest BCUT2D eigenvalue weighted by Crippen LogP contribution is -2.02. The van der Waals surface area contributed by atoms with Crippen LogP contribution in [0.15, 0.2) is 23.3 Å². The number of hydrogen-bond donors (Lipinski definition) is 0. The fourth-order valence-electron chi connectivity index (χ4n) is 1.22. The van der Waals surface area contributed by atoms with Crippen molar-refractivity contribution in [3.63, 3.8) is 0 Å². The molecule has 0 heterocycles. The van der Waals surface area contributed by atoms with Crippen LogP contribution in [-0.2, 0) is 9.53 Å². The molecule has 0 bridgehead atoms. The van der Waals surface area contributed by atoms with Crippen molar-refractivity contribution in [1.29, 1.82) is 0 Å². The molecule has 0 saturated carbocycles. The van der Waals surface area contributed by atoms with E-state index in [1.54, 1.807) is 6.08 Å². The summed E-state index contributed by atoms with van der Waals surface area (Å²) in [5.41, 5.74) is 2.40. The van der Waals surface area contributed by atoms with Gasteiger partial charge >= 0.3 is 5.97 Å². The van der Waals surface area contributed by atoms with E-state index >= 15 is 0 Å². The third-order valence-electron chi connectivity index (χ3n) is 2.20. The summed E-state index contributed by atoms with van der Waals surface area (Å²) in [6.45, 7) is 8.75. The van der Waals surface area contributed by atoms with Gasteiger partial charge in [-0.15, -0.1) is 0 Å². The molecule has 0 unspecified atom stereocenters. The summed E-state index contributed by atoms with van der Waals surface area (Å²) in [5, 5.41) is 0. The number of unbranched alkanes of at least 4 members (excludes halogenated alkanes) is 1. The smallest absolute Gasteiger partial charge is 0.330 e. The highest BCUT2D eigenvalue weighted by Crippen LogP contribution is 2.06. The first kappa shape index (κ1) is 14.9. The van der Waals surface area contributed by atoms with Crippen molar-refractivity contribution in [2.24, 2.45) is 0 Å². The summed E-state index contributed by atoms with van der Waals surface area (Å²) in [4.78, 5) is 11.3. The topological polar surface area (TPSA) is 26.3 Å². The van der Waals surface area contributed by atoms with E-state index in [0.717, 1.165) is 31.3 Å². The van der Waals surface area contributed by atoms with Crippen LogP contribution in [0.3, 0.4) is 0 Å². The van der Waals surface area contributed by atoms with Gasteiger partial charge in [0.05, 0.1) is 6.61 Å². The van der Waals surface area contributed by atoms with Crippen LogP contribution in [0.1, 0.15) is 53.4 Å². The molecule has 0 N–H and O–H groups in total. The van der Waals surface area contributed by atoms with Crippen LogP contribution in [0.4, 0.5) is 0 Å². The van der Waals surface area contributed by atoms with Crippen molar-refractivity contribution in [3.05, 3.63) is 23.3 Å². The molecule has 0 aromatic heterocycles. The SMILES string of the molecule is CCCCOC(=O)/C=C(\C)CCC=C(C)C. The van der Waals surface area contributed by atoms with E-state index in [2.05, 4.69) is 26.8 Å². The van der Waals surface area contributed by atoms with E-state index in [1.807, 2.05) is 6.92 Å². The van der Waals surface area contributed by atoms with Crippen LogP contribution in [-0.4, -0.2) is 12.6 Å². The summed E-state index contributed by atoms with van der Waals surface area (Å²) in [5.74, 6) is -0.205. The van der Waals surface area contributed by atoms with Crippen molar-refractivity contribution in [3.8, 4) is 0 Å². The zero-order valence-corrected chi connectivity index (χ0v) is 11.0. The molecule has 0 rings (SSSR count). The average molecular weight is 224 g/mol. The minimum absolute atomic E-state index is 0.205. The number of ether oxygens (including phenoxy) is 1. The highest BCUT2D eigenvalue weighted by molar-refractivity contribution is 5.82. The Balaban J connectivity index is 3.83. The highest BCUT2D eigenvalue weighted by atomic mass is 16.5. The second kappa shape index (κ2) is 9.20. The molecule has 0 fully saturated rings. The van der Waals surface area contributed by atoms with Gasteiger partial charge in [0, 0.05) is 6.08 Å². The van der Waals surface area contributed by atoms with Crippen LogP contribution >= 0.6 is 0 Å². The summed E-state index contributed by atoms with van der Waals surface area (Å²) in [6, 6.07) is 0. The average Bonchev–Trinajstić information content (AvgIpc) is 2.17. The van der Waals surface area contributed by atoms with E-state index in [0.29, 0.717) is 6.61 Å². The molecule has 0 aromatic carbocycles. The van der Waals surface area contributed by atoms with E-state index in [-0.39, 0.29) is 5.97 Å². The first-order valence-corrected chi connectivity index (χ1v) is 6.03. The van der Waals surface area contributed by atoms with Crippen LogP contribution in [0.2, 0.25) is 0 Å². The Kier molecular flexibility index (Phi) is 8.59. The van der Waals surface area contributed by atoms with Gasteiger partial charge in [-0.3, -0.25) is 0 Å². The summed E-state index contributed by atoms with van der Waals surface area (Å²) >= 11 is 0. The van der Waals surface area contributed by atoms with Gasteiger partial charge in [0.2, 0.25) is 0 Å². The number of esters is 1. The Morgan fingerprint density at radius 2 is 1.94 bits per heavy atom. The van der Waals surface area contributed by atoms with Gasteiger partial charge in [-0.1, -0.05) is 30.6 Å². The number of hydrogen-bond acceptors (Lipinski definition) is 2. The lowest BCUT2D eigenvalue weighted by Gasteiger charge is -2.01. The standard InChI is InChI=1S/C14H24O2/c1-5-6-10-16-14(15)11-13(4)9-7-8-12(2)3/h8,11H,5-7,9-10H2,1-4H3/b13-11+. The van der Waals surface area contributed by atoms with Gasteiger partial charge in [0.25, 0.3) is 0 Å². The molecule has 2 nitrogen and oxygen atoms in total. The summed E-state index contributed by atoms with van der Waals surface area (Å²) in [7, 11) is 0. The van der Waals surface area contributed by atoms with Gasteiger partial charge < -0.3 is 4.74 Å². The van der Waals surface area contributed by atoms with Crippen molar-refractivity contribution in [2.75, 3.05) is 6.61 Å². The largest absolute Gasteiger partial charge is 0.463 e. The Bertz CT molecular complexity index is 258.